The van der Waals surface area contributed by atoms with Crippen molar-refractivity contribution in [1.82, 2.24) is 10.3 Å². The molecule has 2 rings (SSSR count). The first kappa shape index (κ1) is 16.9. The average molecular weight is 329 g/mol. The zero-order chi connectivity index (χ0) is 16.7. The van der Waals surface area contributed by atoms with Crippen LogP contribution in [0.2, 0.25) is 0 Å². The molecule has 0 aliphatic carbocycles. The molecule has 0 aliphatic heterocycles. The van der Waals surface area contributed by atoms with Crippen molar-refractivity contribution in [2.45, 2.75) is 20.4 Å². The third kappa shape index (κ3) is 5.03. The number of aromatic nitrogens is 1. The fourth-order valence-corrected chi connectivity index (χ4v) is 2.17. The fraction of sp³-hybridized carbons (Fsp3) is 0.235. The number of nitrogens with zero attached hydrogens (tertiary/aromatic N) is 1. The summed E-state index contributed by atoms with van der Waals surface area (Å²) in [6.07, 6.45) is 1.74. The van der Waals surface area contributed by atoms with Gasteiger partial charge in [-0.3, -0.25) is 4.98 Å². The minimum atomic E-state index is -0.321. The number of esters is 1. The van der Waals surface area contributed by atoms with Gasteiger partial charge in [0.15, 0.2) is 5.11 Å². The highest BCUT2D eigenvalue weighted by molar-refractivity contribution is 7.80. The van der Waals surface area contributed by atoms with Crippen LogP contribution >= 0.6 is 12.2 Å². The molecule has 6 heteroatoms. The predicted molar refractivity (Wildman–Crippen MR) is 94.4 cm³/mol. The Kier molecular flexibility index (Phi) is 6.05. The molecule has 0 saturated carbocycles. The van der Waals surface area contributed by atoms with Crippen LogP contribution in [0.25, 0.3) is 0 Å². The van der Waals surface area contributed by atoms with Gasteiger partial charge in [-0.05, 0) is 62.0 Å². The van der Waals surface area contributed by atoms with Crippen LogP contribution in [0.3, 0.4) is 0 Å². The van der Waals surface area contributed by atoms with Gasteiger partial charge in [0.1, 0.15) is 0 Å². The number of pyridine rings is 1. The van der Waals surface area contributed by atoms with Crippen molar-refractivity contribution in [2.75, 3.05) is 11.9 Å². The van der Waals surface area contributed by atoms with Crippen molar-refractivity contribution >= 4 is 29.0 Å². The first-order valence-corrected chi connectivity index (χ1v) is 7.73. The summed E-state index contributed by atoms with van der Waals surface area (Å²) < 4.78 is 4.99. The minimum Gasteiger partial charge on any atom is -0.462 e. The quantitative estimate of drug-likeness (QED) is 0.649. The second-order valence-corrected chi connectivity index (χ2v) is 5.29. The lowest BCUT2D eigenvalue weighted by atomic mass is 10.1. The third-order valence-corrected chi connectivity index (χ3v) is 3.39. The molecule has 0 bridgehead atoms. The van der Waals surface area contributed by atoms with Crippen LogP contribution in [0.4, 0.5) is 5.69 Å². The lowest BCUT2D eigenvalue weighted by Gasteiger charge is -2.13. The van der Waals surface area contributed by atoms with Crippen LogP contribution in [0.15, 0.2) is 42.6 Å². The molecule has 5 nitrogen and oxygen atoms in total. The summed E-state index contributed by atoms with van der Waals surface area (Å²) in [5, 5.41) is 6.72. The molecule has 23 heavy (non-hydrogen) atoms. The topological polar surface area (TPSA) is 63.2 Å². The van der Waals surface area contributed by atoms with E-state index in [1.807, 2.05) is 31.2 Å². The lowest BCUT2D eigenvalue weighted by molar-refractivity contribution is 0.0526. The summed E-state index contributed by atoms with van der Waals surface area (Å²) in [5.41, 5.74) is 3.20. The molecule has 2 aromatic rings. The highest BCUT2D eigenvalue weighted by atomic mass is 32.1. The van der Waals surface area contributed by atoms with E-state index >= 15 is 0 Å². The number of rotatable bonds is 5. The van der Waals surface area contributed by atoms with E-state index in [9.17, 15) is 4.79 Å². The molecule has 0 unspecified atom stereocenters. The zero-order valence-corrected chi connectivity index (χ0v) is 13.9. The van der Waals surface area contributed by atoms with Crippen molar-refractivity contribution in [2.24, 2.45) is 0 Å². The van der Waals surface area contributed by atoms with E-state index in [0.717, 1.165) is 16.9 Å². The summed E-state index contributed by atoms with van der Waals surface area (Å²) >= 11 is 5.28. The maximum absolute atomic E-state index is 11.7. The predicted octanol–water partition coefficient (Wildman–Crippen LogP) is 3.05. The number of ether oxygens (including phenoxy) is 1. The van der Waals surface area contributed by atoms with E-state index in [1.54, 1.807) is 25.3 Å². The Labute approximate surface area is 141 Å². The lowest BCUT2D eigenvalue weighted by Crippen LogP contribution is -2.28. The number of aryl methyl sites for hydroxylation is 1. The molecule has 120 valence electrons. The van der Waals surface area contributed by atoms with E-state index in [-0.39, 0.29) is 5.97 Å². The summed E-state index contributed by atoms with van der Waals surface area (Å²) in [6.45, 7) is 4.60. The SMILES string of the molecule is CCOC(=O)c1ccc(NC(=S)NCc2ccccn2)c(C)c1. The van der Waals surface area contributed by atoms with E-state index in [2.05, 4.69) is 15.6 Å². The Morgan fingerprint density at radius 2 is 2.13 bits per heavy atom. The normalized spacial score (nSPS) is 10.0. The largest absolute Gasteiger partial charge is 0.462 e. The van der Waals surface area contributed by atoms with Gasteiger partial charge in [-0.15, -0.1) is 0 Å². The van der Waals surface area contributed by atoms with Crippen molar-refractivity contribution < 1.29 is 9.53 Å². The molecule has 0 spiro atoms. The van der Waals surface area contributed by atoms with Gasteiger partial charge >= 0.3 is 5.97 Å². The van der Waals surface area contributed by atoms with E-state index in [4.69, 9.17) is 17.0 Å². The average Bonchev–Trinajstić information content (AvgIpc) is 2.56. The summed E-state index contributed by atoms with van der Waals surface area (Å²) in [5.74, 6) is -0.321. The molecule has 1 aromatic carbocycles. The number of hydrogen-bond donors (Lipinski definition) is 2. The van der Waals surface area contributed by atoms with Crippen LogP contribution in [-0.2, 0) is 11.3 Å². The highest BCUT2D eigenvalue weighted by Crippen LogP contribution is 2.17. The van der Waals surface area contributed by atoms with E-state index < -0.39 is 0 Å². The van der Waals surface area contributed by atoms with Gasteiger partial charge in [0.05, 0.1) is 24.4 Å². The molecule has 0 atom stereocenters. The van der Waals surface area contributed by atoms with E-state index in [0.29, 0.717) is 23.8 Å². The number of nitrogens with one attached hydrogen (secondary N) is 2. The van der Waals surface area contributed by atoms with Crippen molar-refractivity contribution in [1.29, 1.82) is 0 Å². The Morgan fingerprint density at radius 1 is 1.30 bits per heavy atom. The Balaban J connectivity index is 1.94. The Morgan fingerprint density at radius 3 is 2.78 bits per heavy atom. The highest BCUT2D eigenvalue weighted by Gasteiger charge is 2.09. The van der Waals surface area contributed by atoms with Crippen LogP contribution in [0, 0.1) is 6.92 Å². The first-order valence-electron chi connectivity index (χ1n) is 7.32. The van der Waals surface area contributed by atoms with Crippen molar-refractivity contribution in [3.05, 3.63) is 59.4 Å². The number of carbonyl (C=O) groups excluding carboxylic acids is 1. The number of hydrogen-bond acceptors (Lipinski definition) is 4. The first-order chi connectivity index (χ1) is 11.1. The Hall–Kier alpha value is -2.47. The number of thiocarbonyl (C=S) groups is 1. The molecule has 0 aliphatic rings. The molecule has 0 amide bonds. The van der Waals surface area contributed by atoms with Gasteiger partial charge in [-0.2, -0.15) is 0 Å². The summed E-state index contributed by atoms with van der Waals surface area (Å²) in [4.78, 5) is 15.9. The monoisotopic (exact) mass is 329 g/mol. The molecule has 0 saturated heterocycles. The number of benzene rings is 1. The molecule has 2 N–H and O–H groups in total. The van der Waals surface area contributed by atoms with Crippen molar-refractivity contribution in [3.8, 4) is 0 Å². The summed E-state index contributed by atoms with van der Waals surface area (Å²) in [6, 6.07) is 11.0. The number of anilines is 1. The van der Waals surface area contributed by atoms with Crippen molar-refractivity contribution in [3.63, 3.8) is 0 Å². The van der Waals surface area contributed by atoms with Gasteiger partial charge < -0.3 is 15.4 Å². The molecular weight excluding hydrogens is 310 g/mol. The molecule has 1 heterocycles. The van der Waals surface area contributed by atoms with Gasteiger partial charge in [-0.25, -0.2) is 4.79 Å². The Bertz CT molecular complexity index is 689. The van der Waals surface area contributed by atoms with Crippen LogP contribution < -0.4 is 10.6 Å². The molecular formula is C17H19N3O2S. The second-order valence-electron chi connectivity index (χ2n) is 4.88. The van der Waals surface area contributed by atoms with Gasteiger partial charge in [0, 0.05) is 11.9 Å². The molecule has 0 fully saturated rings. The van der Waals surface area contributed by atoms with Crippen LogP contribution in [0.1, 0.15) is 28.5 Å². The third-order valence-electron chi connectivity index (χ3n) is 3.14. The standard InChI is InChI=1S/C17H19N3O2S/c1-3-22-16(21)13-7-8-15(12(2)10-13)20-17(23)19-11-14-6-4-5-9-18-14/h4-10H,3,11H2,1-2H3,(H2,19,20,23). The minimum absolute atomic E-state index is 0.321. The maximum Gasteiger partial charge on any atom is 0.338 e. The smallest absolute Gasteiger partial charge is 0.338 e. The number of carbonyl (C=O) groups is 1. The van der Waals surface area contributed by atoms with E-state index in [1.165, 1.54) is 0 Å². The van der Waals surface area contributed by atoms with Crippen LogP contribution in [-0.4, -0.2) is 22.7 Å². The van der Waals surface area contributed by atoms with Gasteiger partial charge in [0.25, 0.3) is 0 Å². The zero-order valence-electron chi connectivity index (χ0n) is 13.1. The molecule has 0 radical (unpaired) electrons. The maximum atomic E-state index is 11.7. The van der Waals surface area contributed by atoms with Crippen LogP contribution in [0.5, 0.6) is 0 Å². The molecule has 1 aromatic heterocycles. The summed E-state index contributed by atoms with van der Waals surface area (Å²) in [7, 11) is 0. The van der Waals surface area contributed by atoms with Gasteiger partial charge in [-0.1, -0.05) is 6.07 Å². The second kappa shape index (κ2) is 8.24. The fourth-order valence-electron chi connectivity index (χ4n) is 1.99. The van der Waals surface area contributed by atoms with Gasteiger partial charge in [0.2, 0.25) is 0 Å².